The van der Waals surface area contributed by atoms with E-state index >= 15 is 0 Å². The van der Waals surface area contributed by atoms with Gasteiger partial charge in [0.25, 0.3) is 0 Å². The maximum Gasteiger partial charge on any atom is 0.240 e. The molecule has 0 bridgehead atoms. The molecule has 4 nitrogen and oxygen atoms in total. The van der Waals surface area contributed by atoms with Crippen LogP contribution in [0.3, 0.4) is 0 Å². The molecule has 3 rings (SSSR count). The smallest absolute Gasteiger partial charge is 0.240 e. The number of ether oxygens (including phenoxy) is 1. The third-order valence-corrected chi connectivity index (χ3v) is 5.21. The Kier molecular flexibility index (Phi) is 5.21. The third kappa shape index (κ3) is 4.05. The van der Waals surface area contributed by atoms with Crippen molar-refractivity contribution in [1.82, 2.24) is 5.32 Å². The van der Waals surface area contributed by atoms with Crippen LogP contribution in [0.1, 0.15) is 63.4 Å². The Balaban J connectivity index is 1.60. The molecule has 0 atom stereocenters. The molecule has 2 aliphatic carbocycles. The Morgan fingerprint density at radius 3 is 2.57 bits per heavy atom. The van der Waals surface area contributed by atoms with Gasteiger partial charge in [-0.25, -0.2) is 0 Å². The van der Waals surface area contributed by atoms with Crippen molar-refractivity contribution in [3.63, 3.8) is 0 Å². The Hall–Kier alpha value is -1.55. The number of nitrogens with one attached hydrogen (secondary N) is 1. The maximum atomic E-state index is 12.5. The number of rotatable bonds is 5. The van der Waals surface area contributed by atoms with E-state index < -0.39 is 5.54 Å². The highest BCUT2D eigenvalue weighted by Crippen LogP contribution is 2.28. The fraction of sp³-hybridized carbons (Fsp3) is 0.632. The maximum absolute atomic E-state index is 12.5. The van der Waals surface area contributed by atoms with Crippen molar-refractivity contribution < 1.29 is 9.53 Å². The SMILES string of the molecule is NC1(C(=O)NCc2ccccc2OC2CCCC2)CCCCC1. The number of carbonyl (C=O) groups is 1. The van der Waals surface area contributed by atoms with E-state index in [0.29, 0.717) is 12.6 Å². The van der Waals surface area contributed by atoms with Crippen LogP contribution in [0.4, 0.5) is 0 Å². The van der Waals surface area contributed by atoms with Gasteiger partial charge in [0, 0.05) is 12.1 Å². The van der Waals surface area contributed by atoms with Crippen LogP contribution < -0.4 is 15.8 Å². The van der Waals surface area contributed by atoms with Gasteiger partial charge in [0.05, 0.1) is 11.6 Å². The molecule has 1 aromatic carbocycles. The van der Waals surface area contributed by atoms with Crippen molar-refractivity contribution >= 4 is 5.91 Å². The van der Waals surface area contributed by atoms with Gasteiger partial charge in [-0.15, -0.1) is 0 Å². The first-order chi connectivity index (χ1) is 11.2. The Bertz CT molecular complexity index is 532. The quantitative estimate of drug-likeness (QED) is 0.876. The van der Waals surface area contributed by atoms with Crippen LogP contribution in [0.5, 0.6) is 5.75 Å². The third-order valence-electron chi connectivity index (χ3n) is 5.21. The lowest BCUT2D eigenvalue weighted by Gasteiger charge is -2.31. The fourth-order valence-corrected chi connectivity index (χ4v) is 3.71. The summed E-state index contributed by atoms with van der Waals surface area (Å²) in [5, 5.41) is 3.03. The van der Waals surface area contributed by atoms with E-state index in [9.17, 15) is 4.79 Å². The van der Waals surface area contributed by atoms with Crippen molar-refractivity contribution in [1.29, 1.82) is 0 Å². The van der Waals surface area contributed by atoms with Gasteiger partial charge in [-0.2, -0.15) is 0 Å². The topological polar surface area (TPSA) is 64.4 Å². The Morgan fingerprint density at radius 1 is 1.13 bits per heavy atom. The number of carbonyl (C=O) groups excluding carboxylic acids is 1. The monoisotopic (exact) mass is 316 g/mol. The lowest BCUT2D eigenvalue weighted by molar-refractivity contribution is -0.127. The molecule has 1 aromatic rings. The average Bonchev–Trinajstić information content (AvgIpc) is 3.07. The first-order valence-electron chi connectivity index (χ1n) is 8.99. The standard InChI is InChI=1S/C19H28N2O2/c20-19(12-6-1-7-13-19)18(22)21-14-15-8-2-5-11-17(15)23-16-9-3-4-10-16/h2,5,8,11,16H,1,3-4,6-7,9-10,12-14,20H2,(H,21,22). The summed E-state index contributed by atoms with van der Waals surface area (Å²) in [7, 11) is 0. The highest BCUT2D eigenvalue weighted by atomic mass is 16.5. The number of nitrogens with two attached hydrogens (primary N) is 1. The minimum Gasteiger partial charge on any atom is -0.490 e. The molecule has 2 saturated carbocycles. The molecule has 0 spiro atoms. The Morgan fingerprint density at radius 2 is 1.83 bits per heavy atom. The van der Waals surface area contributed by atoms with Gasteiger partial charge in [-0.3, -0.25) is 4.79 Å². The molecule has 0 unspecified atom stereocenters. The molecule has 0 radical (unpaired) electrons. The minimum absolute atomic E-state index is 0.0205. The first kappa shape index (κ1) is 16.3. The van der Waals surface area contributed by atoms with Gasteiger partial charge >= 0.3 is 0 Å². The van der Waals surface area contributed by atoms with Crippen LogP contribution in [0, 0.1) is 0 Å². The van der Waals surface area contributed by atoms with E-state index in [-0.39, 0.29) is 5.91 Å². The van der Waals surface area contributed by atoms with Gasteiger partial charge in [0.1, 0.15) is 5.75 Å². The van der Waals surface area contributed by atoms with Crippen molar-refractivity contribution in [2.45, 2.75) is 76.0 Å². The van der Waals surface area contributed by atoms with Gasteiger partial charge in [-0.05, 0) is 44.6 Å². The van der Waals surface area contributed by atoms with Crippen molar-refractivity contribution in [2.24, 2.45) is 5.73 Å². The summed E-state index contributed by atoms with van der Waals surface area (Å²) in [5.74, 6) is 0.877. The van der Waals surface area contributed by atoms with Gasteiger partial charge < -0.3 is 15.8 Å². The lowest BCUT2D eigenvalue weighted by Crippen LogP contribution is -2.54. The van der Waals surface area contributed by atoms with Crippen LogP contribution in [-0.4, -0.2) is 17.6 Å². The molecular weight excluding hydrogens is 288 g/mol. The number of hydrogen-bond acceptors (Lipinski definition) is 3. The number of para-hydroxylation sites is 1. The summed E-state index contributed by atoms with van der Waals surface area (Å²) in [4.78, 5) is 12.5. The van der Waals surface area contributed by atoms with Gasteiger partial charge in [0.15, 0.2) is 0 Å². The summed E-state index contributed by atoms with van der Waals surface area (Å²) in [5.41, 5.74) is 6.65. The largest absolute Gasteiger partial charge is 0.490 e. The predicted octanol–water partition coefficient (Wildman–Crippen LogP) is 3.29. The van der Waals surface area contributed by atoms with Crippen molar-refractivity contribution in [3.8, 4) is 5.75 Å². The van der Waals surface area contributed by atoms with Crippen LogP contribution >= 0.6 is 0 Å². The van der Waals surface area contributed by atoms with E-state index in [1.54, 1.807) is 0 Å². The average molecular weight is 316 g/mol. The molecule has 3 N–H and O–H groups in total. The van der Waals surface area contributed by atoms with Crippen molar-refractivity contribution in [3.05, 3.63) is 29.8 Å². The zero-order valence-electron chi connectivity index (χ0n) is 13.9. The summed E-state index contributed by atoms with van der Waals surface area (Å²) in [6.45, 7) is 0.487. The molecule has 0 aromatic heterocycles. The molecule has 0 heterocycles. The molecule has 23 heavy (non-hydrogen) atoms. The summed E-state index contributed by atoms with van der Waals surface area (Å²) in [6, 6.07) is 8.00. The van der Waals surface area contributed by atoms with E-state index in [4.69, 9.17) is 10.5 Å². The van der Waals surface area contributed by atoms with Crippen LogP contribution in [0.2, 0.25) is 0 Å². The minimum atomic E-state index is -0.681. The second kappa shape index (κ2) is 7.35. The highest BCUT2D eigenvalue weighted by molar-refractivity contribution is 5.86. The van der Waals surface area contributed by atoms with Crippen molar-refractivity contribution in [2.75, 3.05) is 0 Å². The van der Waals surface area contributed by atoms with Gasteiger partial charge in [-0.1, -0.05) is 37.5 Å². The molecule has 0 aliphatic heterocycles. The molecule has 4 heteroatoms. The molecule has 0 saturated heterocycles. The molecule has 2 fully saturated rings. The molecular formula is C19H28N2O2. The zero-order chi connectivity index (χ0) is 16.1. The fourth-order valence-electron chi connectivity index (χ4n) is 3.71. The highest BCUT2D eigenvalue weighted by Gasteiger charge is 2.35. The summed E-state index contributed by atoms with van der Waals surface area (Å²) < 4.78 is 6.13. The van der Waals surface area contributed by atoms with E-state index in [1.807, 2.05) is 24.3 Å². The molecule has 126 valence electrons. The van der Waals surface area contributed by atoms with E-state index in [1.165, 1.54) is 19.3 Å². The molecule has 1 amide bonds. The predicted molar refractivity (Wildman–Crippen MR) is 91.2 cm³/mol. The van der Waals surface area contributed by atoms with E-state index in [2.05, 4.69) is 5.32 Å². The van der Waals surface area contributed by atoms with Crippen LogP contribution in [0.15, 0.2) is 24.3 Å². The number of amides is 1. The summed E-state index contributed by atoms with van der Waals surface area (Å²) in [6.07, 6.45) is 9.95. The first-order valence-corrected chi connectivity index (χ1v) is 8.99. The summed E-state index contributed by atoms with van der Waals surface area (Å²) >= 11 is 0. The second-order valence-electron chi connectivity index (χ2n) is 7.03. The van der Waals surface area contributed by atoms with Gasteiger partial charge in [0.2, 0.25) is 5.91 Å². The number of benzene rings is 1. The molecule has 2 aliphatic rings. The van der Waals surface area contributed by atoms with Crippen LogP contribution in [0.25, 0.3) is 0 Å². The normalized spacial score (nSPS) is 21.1. The van der Waals surface area contributed by atoms with E-state index in [0.717, 1.165) is 49.8 Å². The lowest BCUT2D eigenvalue weighted by atomic mass is 9.82. The second-order valence-corrected chi connectivity index (χ2v) is 7.03. The van der Waals surface area contributed by atoms with Crippen LogP contribution in [-0.2, 0) is 11.3 Å². The Labute approximate surface area is 138 Å². The zero-order valence-corrected chi connectivity index (χ0v) is 13.9. The number of hydrogen-bond donors (Lipinski definition) is 2.